The van der Waals surface area contributed by atoms with Gasteiger partial charge in [-0.1, -0.05) is 35.8 Å². The highest BCUT2D eigenvalue weighted by Crippen LogP contribution is 2.56. The summed E-state index contributed by atoms with van der Waals surface area (Å²) in [5, 5.41) is 20.6. The number of phosphoric ester groups is 1. The number of halogens is 1. The first-order chi connectivity index (χ1) is 15.5. The van der Waals surface area contributed by atoms with E-state index >= 15 is 4.39 Å². The quantitative estimate of drug-likeness (QED) is 0.330. The molecule has 33 heavy (non-hydrogen) atoms. The monoisotopic (exact) mass is 498 g/mol. The fourth-order valence-electron chi connectivity index (χ4n) is 3.67. The number of fused-ring (bicyclic) bond motifs is 1. The highest BCUT2D eigenvalue weighted by Gasteiger charge is 2.57. The van der Waals surface area contributed by atoms with Crippen LogP contribution < -0.4 is 10.2 Å². The van der Waals surface area contributed by atoms with Crippen molar-refractivity contribution in [2.24, 2.45) is 0 Å². The van der Waals surface area contributed by atoms with E-state index in [-0.39, 0.29) is 16.8 Å². The molecule has 1 fully saturated rings. The van der Waals surface area contributed by atoms with E-state index in [9.17, 15) is 19.6 Å². The molecule has 2 aliphatic heterocycles. The van der Waals surface area contributed by atoms with Crippen LogP contribution in [0.3, 0.4) is 0 Å². The summed E-state index contributed by atoms with van der Waals surface area (Å²) in [5.74, 6) is -0.524. The van der Waals surface area contributed by atoms with Crippen LogP contribution in [-0.2, 0) is 25.0 Å². The van der Waals surface area contributed by atoms with Gasteiger partial charge in [0.05, 0.1) is 12.2 Å². The Morgan fingerprint density at radius 1 is 1.45 bits per heavy atom. The maximum atomic E-state index is 15.5. The normalized spacial score (nSPS) is 31.0. The van der Waals surface area contributed by atoms with E-state index in [4.69, 9.17) is 36.9 Å². The molecule has 1 saturated heterocycles. The van der Waals surface area contributed by atoms with Gasteiger partial charge in [-0.25, -0.2) is 13.8 Å². The molecule has 1 unspecified atom stereocenters. The van der Waals surface area contributed by atoms with Crippen molar-refractivity contribution < 1.29 is 37.5 Å². The van der Waals surface area contributed by atoms with Crippen molar-refractivity contribution in [1.82, 2.24) is 9.55 Å². The number of hydrogen-bond donors (Lipinski definition) is 3. The number of terminal acetylenes is 1. The van der Waals surface area contributed by atoms with Gasteiger partial charge in [0.15, 0.2) is 6.23 Å². The Morgan fingerprint density at radius 2 is 2.18 bits per heavy atom. The third kappa shape index (κ3) is 4.29. The minimum Gasteiger partial charge on any atom is -0.403 e. The molecule has 0 aliphatic carbocycles. The SMILES string of the molecule is C#Cc1cn([C@@H]2O[C@](F)(COP3(=O)OCc4cc(C)cc(C)c4O3)[C@@H](O)[C@H]2O)c(=O)[nH]c1=S. The van der Waals surface area contributed by atoms with Crippen LogP contribution in [0.4, 0.5) is 4.39 Å². The van der Waals surface area contributed by atoms with E-state index in [1.54, 1.807) is 13.0 Å². The summed E-state index contributed by atoms with van der Waals surface area (Å²) < 4.78 is 49.9. The third-order valence-electron chi connectivity index (χ3n) is 5.27. The summed E-state index contributed by atoms with van der Waals surface area (Å²) in [4.78, 5) is 14.5. The summed E-state index contributed by atoms with van der Waals surface area (Å²) in [6.07, 6.45) is 0.668. The Bertz CT molecular complexity index is 1320. The maximum absolute atomic E-state index is 15.5. The molecule has 2 aromatic rings. The summed E-state index contributed by atoms with van der Waals surface area (Å²) in [6.45, 7) is 2.40. The second kappa shape index (κ2) is 8.45. The maximum Gasteiger partial charge on any atom is 0.530 e. The average Bonchev–Trinajstić information content (AvgIpc) is 2.98. The molecule has 3 N–H and O–H groups in total. The summed E-state index contributed by atoms with van der Waals surface area (Å²) in [7, 11) is -4.28. The molecular weight excluding hydrogens is 478 g/mol. The number of aryl methyl sites for hydroxylation is 2. The van der Waals surface area contributed by atoms with E-state index in [1.165, 1.54) is 0 Å². The Labute approximate surface area is 192 Å². The highest BCUT2D eigenvalue weighted by molar-refractivity contribution is 7.71. The lowest BCUT2D eigenvalue weighted by atomic mass is 10.1. The summed E-state index contributed by atoms with van der Waals surface area (Å²) >= 11 is 4.92. The lowest BCUT2D eigenvalue weighted by Crippen LogP contribution is -2.43. The van der Waals surface area contributed by atoms with Crippen LogP contribution in [0.5, 0.6) is 5.75 Å². The third-order valence-corrected chi connectivity index (χ3v) is 6.89. The van der Waals surface area contributed by atoms with E-state index in [1.807, 2.05) is 13.0 Å². The molecule has 1 aromatic heterocycles. The molecule has 1 aromatic carbocycles. The Hall–Kier alpha value is -2.36. The minimum atomic E-state index is -4.28. The topological polar surface area (TPSA) is 132 Å². The van der Waals surface area contributed by atoms with Gasteiger partial charge in [0.1, 0.15) is 29.2 Å². The molecule has 176 valence electrons. The predicted molar refractivity (Wildman–Crippen MR) is 115 cm³/mol. The summed E-state index contributed by atoms with van der Waals surface area (Å²) in [6, 6.07) is 3.60. The molecule has 2 aliphatic rings. The van der Waals surface area contributed by atoms with E-state index in [2.05, 4.69) is 10.9 Å². The second-order valence-corrected chi connectivity index (χ2v) is 9.74. The zero-order valence-corrected chi connectivity index (χ0v) is 19.2. The van der Waals surface area contributed by atoms with Crippen LogP contribution in [0, 0.1) is 30.8 Å². The molecule has 5 atom stereocenters. The van der Waals surface area contributed by atoms with Gasteiger partial charge in [-0.15, -0.1) is 6.42 Å². The second-order valence-electron chi connectivity index (χ2n) is 7.74. The number of nitrogens with zero attached hydrogens (tertiary/aromatic N) is 1. The highest BCUT2D eigenvalue weighted by atomic mass is 32.1. The first-order valence-corrected chi connectivity index (χ1v) is 11.6. The van der Waals surface area contributed by atoms with Gasteiger partial charge in [-0.2, -0.15) is 0 Å². The molecular formula is C20H20FN2O8PS. The molecule has 13 heteroatoms. The smallest absolute Gasteiger partial charge is 0.403 e. The van der Waals surface area contributed by atoms with Crippen LogP contribution in [-0.4, -0.2) is 44.4 Å². The Balaban J connectivity index is 1.55. The van der Waals surface area contributed by atoms with Crippen molar-refractivity contribution in [1.29, 1.82) is 0 Å². The molecule has 0 bridgehead atoms. The van der Waals surface area contributed by atoms with E-state index in [0.717, 1.165) is 16.3 Å². The number of benzene rings is 1. The molecule has 0 spiro atoms. The standard InChI is InChI=1S/C20H20FN2O8PS/c1-4-12-7-23(19(26)22-17(12)33)18-14(24)16(25)20(21,30-18)9-29-32(27)28-8-13-6-10(2)5-11(3)15(13)31-32/h1,5-7,14,16,18,24-25H,8-9H2,2-3H3,(H,22,26,33)/t14-,16+,18-,20-,32?/m1/s1. The van der Waals surface area contributed by atoms with Gasteiger partial charge in [-0.3, -0.25) is 18.6 Å². The van der Waals surface area contributed by atoms with E-state index in [0.29, 0.717) is 16.9 Å². The molecule has 0 saturated carbocycles. The fourth-order valence-corrected chi connectivity index (χ4v) is 5.16. The van der Waals surface area contributed by atoms with E-state index < -0.39 is 44.4 Å². The summed E-state index contributed by atoms with van der Waals surface area (Å²) in [5.41, 5.74) is 1.51. The zero-order valence-electron chi connectivity index (χ0n) is 17.5. The fraction of sp³-hybridized carbons (Fsp3) is 0.400. The number of aliphatic hydroxyl groups is 2. The van der Waals surface area contributed by atoms with Crippen molar-refractivity contribution in [2.45, 2.75) is 44.7 Å². The van der Waals surface area contributed by atoms with Crippen molar-refractivity contribution >= 4 is 20.0 Å². The largest absolute Gasteiger partial charge is 0.530 e. The van der Waals surface area contributed by atoms with Crippen LogP contribution >= 0.6 is 20.0 Å². The average molecular weight is 498 g/mol. The molecule has 4 rings (SSSR count). The van der Waals surface area contributed by atoms with Crippen molar-refractivity contribution in [3.8, 4) is 18.1 Å². The van der Waals surface area contributed by atoms with Crippen LogP contribution in [0.2, 0.25) is 0 Å². The number of alkyl halides is 1. The van der Waals surface area contributed by atoms with Crippen LogP contribution in [0.15, 0.2) is 23.1 Å². The molecule has 0 radical (unpaired) electrons. The minimum absolute atomic E-state index is 0.0305. The molecule has 3 heterocycles. The van der Waals surface area contributed by atoms with Crippen molar-refractivity contribution in [3.05, 3.63) is 55.7 Å². The lowest BCUT2D eigenvalue weighted by Gasteiger charge is -2.29. The molecule has 10 nitrogen and oxygen atoms in total. The molecule has 0 amide bonds. The predicted octanol–water partition coefficient (Wildman–Crippen LogP) is 2.15. The first-order valence-electron chi connectivity index (χ1n) is 9.70. The number of aromatic amines is 1. The number of nitrogens with one attached hydrogen (secondary N) is 1. The lowest BCUT2D eigenvalue weighted by molar-refractivity contribution is -0.205. The number of aliphatic hydroxyl groups excluding tert-OH is 2. The van der Waals surface area contributed by atoms with Gasteiger partial charge >= 0.3 is 13.5 Å². The first kappa shape index (κ1) is 23.8. The van der Waals surface area contributed by atoms with Gasteiger partial charge in [0.25, 0.3) is 5.85 Å². The number of hydrogen-bond acceptors (Lipinski definition) is 9. The number of H-pyrrole nitrogens is 1. The Morgan fingerprint density at radius 3 is 2.88 bits per heavy atom. The number of rotatable bonds is 4. The van der Waals surface area contributed by atoms with Crippen molar-refractivity contribution in [2.75, 3.05) is 6.61 Å². The number of phosphoric acid groups is 1. The van der Waals surface area contributed by atoms with Gasteiger partial charge in [0.2, 0.25) is 0 Å². The van der Waals surface area contributed by atoms with Gasteiger partial charge in [0, 0.05) is 11.8 Å². The van der Waals surface area contributed by atoms with Crippen LogP contribution in [0.1, 0.15) is 28.5 Å². The van der Waals surface area contributed by atoms with Crippen molar-refractivity contribution in [3.63, 3.8) is 0 Å². The zero-order chi connectivity index (χ0) is 24.1. The van der Waals surface area contributed by atoms with Gasteiger partial charge in [-0.05, 0) is 19.4 Å². The Kier molecular flexibility index (Phi) is 6.09. The number of aromatic nitrogens is 2. The van der Waals surface area contributed by atoms with Gasteiger partial charge < -0.3 is 19.5 Å². The van der Waals surface area contributed by atoms with Crippen LogP contribution in [0.25, 0.3) is 0 Å². The number of ether oxygens (including phenoxy) is 1.